The van der Waals surface area contributed by atoms with E-state index in [4.69, 9.17) is 0 Å². The van der Waals surface area contributed by atoms with E-state index in [1.165, 1.54) is 76.5 Å². The van der Waals surface area contributed by atoms with Crippen molar-refractivity contribution in [1.82, 2.24) is 0 Å². The third kappa shape index (κ3) is 5.51. The molecule has 0 bridgehead atoms. The molecule has 10 aromatic carbocycles. The Morgan fingerprint density at radius 3 is 1.53 bits per heavy atom. The van der Waals surface area contributed by atoms with Crippen LogP contribution in [0, 0.1) is 0 Å². The molecule has 0 fully saturated rings. The van der Waals surface area contributed by atoms with Gasteiger partial charge >= 0.3 is 0 Å². The lowest BCUT2D eigenvalue weighted by molar-refractivity contribution is 1.28. The summed E-state index contributed by atoms with van der Waals surface area (Å²) in [5, 5.41) is 10.1. The molecule has 0 aliphatic carbocycles. The summed E-state index contributed by atoms with van der Waals surface area (Å²) >= 11 is 0. The van der Waals surface area contributed by atoms with E-state index in [2.05, 4.69) is 217 Å². The van der Waals surface area contributed by atoms with Gasteiger partial charge in [-0.1, -0.05) is 176 Å². The fraction of sp³-hybridized carbons (Fsp3) is 0. The molecule has 1 heteroatoms. The summed E-state index contributed by atoms with van der Waals surface area (Å²) < 4.78 is 0. The third-order valence-electron chi connectivity index (χ3n) is 10.7. The monoisotopic (exact) mass is 673 g/mol. The molecule has 0 atom stereocenters. The van der Waals surface area contributed by atoms with Crippen LogP contribution in [-0.4, -0.2) is 0 Å². The minimum absolute atomic E-state index is 1.10. The zero-order valence-electron chi connectivity index (χ0n) is 29.2. The number of anilines is 3. The van der Waals surface area contributed by atoms with Crippen molar-refractivity contribution < 1.29 is 0 Å². The molecule has 248 valence electrons. The fourth-order valence-corrected chi connectivity index (χ4v) is 8.02. The summed E-state index contributed by atoms with van der Waals surface area (Å²) in [7, 11) is 0. The van der Waals surface area contributed by atoms with Crippen LogP contribution in [0.25, 0.3) is 76.5 Å². The van der Waals surface area contributed by atoms with Crippen molar-refractivity contribution in [2.24, 2.45) is 0 Å². The molecule has 0 saturated heterocycles. The molecule has 0 amide bonds. The molecule has 0 unspecified atom stereocenters. The Kier molecular flexibility index (Phi) is 7.55. The Balaban J connectivity index is 1.13. The molecule has 0 saturated carbocycles. The quantitative estimate of drug-likeness (QED) is 0.159. The van der Waals surface area contributed by atoms with Crippen LogP contribution < -0.4 is 4.90 Å². The van der Waals surface area contributed by atoms with Gasteiger partial charge in [0, 0.05) is 16.9 Å². The van der Waals surface area contributed by atoms with Crippen LogP contribution in [0.1, 0.15) is 0 Å². The molecule has 53 heavy (non-hydrogen) atoms. The molecule has 0 radical (unpaired) electrons. The van der Waals surface area contributed by atoms with Gasteiger partial charge in [0.1, 0.15) is 0 Å². The molecule has 1 nitrogen and oxygen atoms in total. The highest BCUT2D eigenvalue weighted by molar-refractivity contribution is 6.19. The van der Waals surface area contributed by atoms with Gasteiger partial charge in [0.05, 0.1) is 5.69 Å². The van der Waals surface area contributed by atoms with Crippen molar-refractivity contribution in [1.29, 1.82) is 0 Å². The second-order valence-electron chi connectivity index (χ2n) is 13.7. The smallest absolute Gasteiger partial charge is 0.0540 e. The Labute approximate surface area is 309 Å². The number of fused-ring (bicyclic) bond motifs is 6. The van der Waals surface area contributed by atoms with Crippen LogP contribution in [0.15, 0.2) is 212 Å². The topological polar surface area (TPSA) is 3.24 Å². The second kappa shape index (κ2) is 13.0. The Hall–Kier alpha value is -6.96. The molecule has 10 rings (SSSR count). The van der Waals surface area contributed by atoms with Crippen LogP contribution in [0.2, 0.25) is 0 Å². The van der Waals surface area contributed by atoms with Crippen molar-refractivity contribution in [3.8, 4) is 33.4 Å². The van der Waals surface area contributed by atoms with Crippen LogP contribution in [0.4, 0.5) is 17.1 Å². The Morgan fingerprint density at radius 1 is 0.245 bits per heavy atom. The average molecular weight is 674 g/mol. The lowest BCUT2D eigenvalue weighted by Crippen LogP contribution is -2.11. The second-order valence-corrected chi connectivity index (χ2v) is 13.7. The lowest BCUT2D eigenvalue weighted by Gasteiger charge is -2.28. The molecule has 10 aromatic rings. The van der Waals surface area contributed by atoms with E-state index in [1.807, 2.05) is 0 Å². The highest BCUT2D eigenvalue weighted by atomic mass is 15.1. The Bertz CT molecular complexity index is 2920. The number of benzene rings is 10. The number of rotatable bonds is 6. The van der Waals surface area contributed by atoms with Crippen molar-refractivity contribution in [2.45, 2.75) is 0 Å². The standard InChI is InChI=1S/C52H35N/c1-2-11-36(12-3-1)38-23-28-43(29-24-38)53(44-30-25-39(26-31-44)42-22-21-37-13-4-5-15-41(37)35-42)52-20-9-8-17-51(52)47-19-10-18-46-49-32-27-40-14-6-7-16-45(40)48(49)33-34-50(46)47/h1-35H. The maximum atomic E-state index is 2.40. The van der Waals surface area contributed by atoms with E-state index in [-0.39, 0.29) is 0 Å². The van der Waals surface area contributed by atoms with Crippen molar-refractivity contribution in [3.05, 3.63) is 212 Å². The first-order valence-corrected chi connectivity index (χ1v) is 18.3. The summed E-state index contributed by atoms with van der Waals surface area (Å²) in [6.07, 6.45) is 0. The summed E-state index contributed by atoms with van der Waals surface area (Å²) in [5.41, 5.74) is 10.6. The van der Waals surface area contributed by atoms with Gasteiger partial charge in [-0.05, 0) is 107 Å². The molecule has 0 heterocycles. The molecule has 0 spiro atoms. The maximum Gasteiger partial charge on any atom is 0.0540 e. The number of hydrogen-bond donors (Lipinski definition) is 0. The van der Waals surface area contributed by atoms with Crippen molar-refractivity contribution in [3.63, 3.8) is 0 Å². The van der Waals surface area contributed by atoms with Crippen LogP contribution in [0.5, 0.6) is 0 Å². The lowest BCUT2D eigenvalue weighted by atomic mass is 9.92. The summed E-state index contributed by atoms with van der Waals surface area (Å²) in [5.74, 6) is 0. The van der Waals surface area contributed by atoms with Gasteiger partial charge in [0.2, 0.25) is 0 Å². The van der Waals surface area contributed by atoms with E-state index in [0.29, 0.717) is 0 Å². The average Bonchev–Trinajstić information content (AvgIpc) is 3.24. The van der Waals surface area contributed by atoms with Crippen LogP contribution >= 0.6 is 0 Å². The van der Waals surface area contributed by atoms with Gasteiger partial charge < -0.3 is 4.90 Å². The minimum Gasteiger partial charge on any atom is -0.310 e. The predicted octanol–water partition coefficient (Wildman–Crippen LogP) is 14.8. The number of nitrogens with zero attached hydrogens (tertiary/aromatic N) is 1. The highest BCUT2D eigenvalue weighted by Gasteiger charge is 2.19. The van der Waals surface area contributed by atoms with Gasteiger partial charge in [-0.2, -0.15) is 0 Å². The third-order valence-corrected chi connectivity index (χ3v) is 10.7. The molecule has 0 N–H and O–H groups in total. The van der Waals surface area contributed by atoms with E-state index in [9.17, 15) is 0 Å². The molecular formula is C52H35N. The van der Waals surface area contributed by atoms with Gasteiger partial charge in [0.25, 0.3) is 0 Å². The predicted molar refractivity (Wildman–Crippen MR) is 227 cm³/mol. The summed E-state index contributed by atoms with van der Waals surface area (Å²) in [6.45, 7) is 0. The van der Waals surface area contributed by atoms with Crippen molar-refractivity contribution in [2.75, 3.05) is 4.90 Å². The zero-order chi connectivity index (χ0) is 35.1. The van der Waals surface area contributed by atoms with Crippen molar-refractivity contribution >= 4 is 60.2 Å². The van der Waals surface area contributed by atoms with Crippen LogP contribution in [0.3, 0.4) is 0 Å². The summed E-state index contributed by atoms with van der Waals surface area (Å²) in [6, 6.07) is 77.3. The van der Waals surface area contributed by atoms with E-state index >= 15 is 0 Å². The first-order valence-electron chi connectivity index (χ1n) is 18.3. The molecule has 0 aliphatic rings. The number of para-hydroxylation sites is 1. The van der Waals surface area contributed by atoms with Gasteiger partial charge in [0.15, 0.2) is 0 Å². The van der Waals surface area contributed by atoms with E-state index in [1.54, 1.807) is 0 Å². The largest absolute Gasteiger partial charge is 0.310 e. The first-order chi connectivity index (χ1) is 26.3. The molecule has 0 aromatic heterocycles. The first kappa shape index (κ1) is 30.8. The van der Waals surface area contributed by atoms with Gasteiger partial charge in [-0.3, -0.25) is 0 Å². The SMILES string of the molecule is c1ccc(-c2ccc(N(c3ccc(-c4ccc5ccccc5c4)cc3)c3ccccc3-c3cccc4c3ccc3c5ccccc5ccc43)cc2)cc1. The Morgan fingerprint density at radius 2 is 0.736 bits per heavy atom. The molecular weight excluding hydrogens is 639 g/mol. The van der Waals surface area contributed by atoms with Gasteiger partial charge in [-0.25, -0.2) is 0 Å². The highest BCUT2D eigenvalue weighted by Crippen LogP contribution is 2.44. The van der Waals surface area contributed by atoms with Crippen LogP contribution in [-0.2, 0) is 0 Å². The van der Waals surface area contributed by atoms with E-state index in [0.717, 1.165) is 17.1 Å². The zero-order valence-corrected chi connectivity index (χ0v) is 29.2. The fourth-order valence-electron chi connectivity index (χ4n) is 8.02. The number of hydrogen-bond acceptors (Lipinski definition) is 1. The van der Waals surface area contributed by atoms with E-state index < -0.39 is 0 Å². The minimum atomic E-state index is 1.10. The summed E-state index contributed by atoms with van der Waals surface area (Å²) in [4.78, 5) is 2.40. The maximum absolute atomic E-state index is 2.40. The van der Waals surface area contributed by atoms with Gasteiger partial charge in [-0.15, -0.1) is 0 Å². The normalized spacial score (nSPS) is 11.4. The molecule has 0 aliphatic heterocycles.